The van der Waals surface area contributed by atoms with Gasteiger partial charge in [-0.2, -0.15) is 5.06 Å². The molecule has 4 saturated heterocycles. The second-order valence-electron chi connectivity index (χ2n) is 17.8. The highest BCUT2D eigenvalue weighted by atomic mass is 16.8. The van der Waals surface area contributed by atoms with Crippen LogP contribution in [0.25, 0.3) is 6.08 Å². The fraction of sp³-hybridized carbons (Fsp3) is 0.619. The quantitative estimate of drug-likeness (QED) is 0.326. The predicted octanol–water partition coefficient (Wildman–Crippen LogP) is 4.65. The second kappa shape index (κ2) is 11.7. The van der Waals surface area contributed by atoms with Crippen molar-refractivity contribution in [2.75, 3.05) is 13.2 Å². The van der Waals surface area contributed by atoms with Crippen molar-refractivity contribution in [2.45, 2.75) is 127 Å². The number of nitrogens with one attached hydrogen (secondary N) is 1. The van der Waals surface area contributed by atoms with E-state index in [2.05, 4.69) is 62.5 Å². The summed E-state index contributed by atoms with van der Waals surface area (Å²) >= 11 is 0. The van der Waals surface area contributed by atoms with Gasteiger partial charge in [0.1, 0.15) is 29.8 Å². The van der Waals surface area contributed by atoms with Gasteiger partial charge in [0.2, 0.25) is 5.91 Å². The van der Waals surface area contributed by atoms with E-state index in [1.54, 1.807) is 5.06 Å². The molecule has 3 saturated carbocycles. The summed E-state index contributed by atoms with van der Waals surface area (Å²) < 4.78 is 25.9. The Morgan fingerprint density at radius 1 is 1.00 bits per heavy atom. The first-order valence-corrected chi connectivity index (χ1v) is 19.4. The number of fused-ring (bicyclic) bond motifs is 7. The number of epoxide rings is 1. The summed E-state index contributed by atoms with van der Waals surface area (Å²) in [5.41, 5.74) is 5.07. The van der Waals surface area contributed by atoms with Gasteiger partial charge in [0.15, 0.2) is 11.8 Å². The van der Waals surface area contributed by atoms with Crippen LogP contribution in [0.5, 0.6) is 0 Å². The monoisotopic (exact) mass is 710 g/mol. The van der Waals surface area contributed by atoms with Crippen LogP contribution in [0.4, 0.5) is 0 Å². The molecule has 4 heterocycles. The number of ether oxygens (including phenoxy) is 4. The van der Waals surface area contributed by atoms with Crippen LogP contribution in [-0.4, -0.2) is 83.1 Å². The lowest BCUT2D eigenvalue weighted by Gasteiger charge is -2.53. The third-order valence-corrected chi connectivity index (χ3v) is 14.1. The first-order chi connectivity index (χ1) is 25.0. The summed E-state index contributed by atoms with van der Waals surface area (Å²) in [7, 11) is 0. The molecular weight excluding hydrogens is 660 g/mol. The van der Waals surface area contributed by atoms with E-state index in [0.717, 1.165) is 30.4 Å². The Balaban J connectivity index is 0.948. The maximum atomic E-state index is 14.2. The number of rotatable bonds is 6. The molecule has 2 N–H and O–H groups in total. The molecule has 4 aliphatic carbocycles. The maximum Gasteiger partial charge on any atom is 0.327 e. The molecule has 7 fully saturated rings. The Labute approximate surface area is 305 Å². The maximum absolute atomic E-state index is 14.2. The summed E-state index contributed by atoms with van der Waals surface area (Å²) in [5, 5.41) is 14.2. The molecule has 2 aromatic rings. The fourth-order valence-electron chi connectivity index (χ4n) is 11.5. The van der Waals surface area contributed by atoms with Crippen molar-refractivity contribution in [3.63, 3.8) is 0 Å². The zero-order valence-electron chi connectivity index (χ0n) is 30.3. The van der Waals surface area contributed by atoms with E-state index in [4.69, 9.17) is 23.8 Å². The van der Waals surface area contributed by atoms with Crippen LogP contribution in [0, 0.1) is 22.7 Å². The normalized spacial score (nSPS) is 41.1. The van der Waals surface area contributed by atoms with Crippen LogP contribution >= 0.6 is 0 Å². The molecule has 1 amide bonds. The minimum atomic E-state index is -1.26. The van der Waals surface area contributed by atoms with Gasteiger partial charge in [-0.25, -0.2) is 0 Å². The molecular formula is C42H50N2O8. The minimum absolute atomic E-state index is 0.0451. The number of esters is 1. The van der Waals surface area contributed by atoms with Crippen molar-refractivity contribution in [2.24, 2.45) is 22.7 Å². The van der Waals surface area contributed by atoms with Crippen LogP contribution in [0.3, 0.4) is 0 Å². The smallest absolute Gasteiger partial charge is 0.327 e. The number of allylic oxidation sites excluding steroid dienone is 1. The number of hydrogen-bond acceptors (Lipinski definition) is 9. The molecule has 8 aliphatic rings. The molecule has 10 unspecified atom stereocenters. The van der Waals surface area contributed by atoms with Crippen molar-refractivity contribution in [3.05, 3.63) is 76.4 Å². The molecule has 0 aromatic heterocycles. The van der Waals surface area contributed by atoms with E-state index >= 15 is 0 Å². The number of aliphatic hydroxyl groups excluding tert-OH is 1. The Morgan fingerprint density at radius 3 is 2.56 bits per heavy atom. The van der Waals surface area contributed by atoms with Gasteiger partial charge in [0.05, 0.1) is 24.9 Å². The Bertz CT molecular complexity index is 1820. The molecule has 2 bridgehead atoms. The Hall–Kier alpha value is -3.12. The summed E-state index contributed by atoms with van der Waals surface area (Å²) in [4.78, 5) is 35.0. The highest BCUT2D eigenvalue weighted by Crippen LogP contribution is 2.61. The first kappa shape index (κ1) is 33.4. The van der Waals surface area contributed by atoms with Gasteiger partial charge >= 0.3 is 5.97 Å². The van der Waals surface area contributed by atoms with Gasteiger partial charge in [-0.3, -0.25) is 14.4 Å². The van der Waals surface area contributed by atoms with E-state index in [1.807, 2.05) is 18.2 Å². The SMILES string of the molecule is CC1(C)CC2C(=Cc3cccc(CN4OC5C6OC7(Cc8ccccc8C7)OC6C6CC5(C(=O)NCCO)C4C(=O)O6)c3)CCC3OC3(C)CCC21. The Morgan fingerprint density at radius 2 is 1.79 bits per heavy atom. The molecule has 1 spiro atoms. The van der Waals surface area contributed by atoms with Crippen LogP contribution < -0.4 is 5.32 Å². The molecule has 10 rings (SSSR count). The lowest BCUT2D eigenvalue weighted by molar-refractivity contribution is -0.217. The summed E-state index contributed by atoms with van der Waals surface area (Å²) in [6.45, 7) is 7.27. The van der Waals surface area contributed by atoms with E-state index < -0.39 is 47.6 Å². The van der Waals surface area contributed by atoms with Gasteiger partial charge in [-0.15, -0.1) is 0 Å². The number of hydroxylamine groups is 2. The predicted molar refractivity (Wildman–Crippen MR) is 189 cm³/mol. The van der Waals surface area contributed by atoms with Crippen LogP contribution in [0.1, 0.15) is 81.5 Å². The highest BCUT2D eigenvalue weighted by molar-refractivity contribution is 5.93. The van der Waals surface area contributed by atoms with E-state index in [0.29, 0.717) is 36.2 Å². The molecule has 10 nitrogen and oxygen atoms in total. The van der Waals surface area contributed by atoms with Crippen molar-refractivity contribution < 1.29 is 38.5 Å². The van der Waals surface area contributed by atoms with E-state index in [-0.39, 0.29) is 37.6 Å². The number of aliphatic hydroxyl groups is 1. The number of carbonyl (C=O) groups is 2. The third kappa shape index (κ3) is 5.04. The number of hydrogen-bond donors (Lipinski definition) is 2. The molecule has 276 valence electrons. The van der Waals surface area contributed by atoms with Crippen molar-refractivity contribution in [1.29, 1.82) is 0 Å². The largest absolute Gasteiger partial charge is 0.458 e. The van der Waals surface area contributed by atoms with Gasteiger partial charge in [-0.05, 0) is 78.5 Å². The van der Waals surface area contributed by atoms with Crippen molar-refractivity contribution in [1.82, 2.24) is 10.4 Å². The van der Waals surface area contributed by atoms with Gasteiger partial charge in [-0.1, -0.05) is 74.0 Å². The zero-order valence-corrected chi connectivity index (χ0v) is 30.3. The van der Waals surface area contributed by atoms with Crippen molar-refractivity contribution in [3.8, 4) is 0 Å². The van der Waals surface area contributed by atoms with Crippen molar-refractivity contribution >= 4 is 18.0 Å². The van der Waals surface area contributed by atoms with Gasteiger partial charge < -0.3 is 29.4 Å². The lowest BCUT2D eigenvalue weighted by Crippen LogP contribution is -2.69. The average molecular weight is 711 g/mol. The third-order valence-electron chi connectivity index (χ3n) is 14.1. The fourth-order valence-corrected chi connectivity index (χ4v) is 11.5. The molecule has 2 aromatic carbocycles. The number of nitrogens with zero attached hydrogens (tertiary/aromatic N) is 1. The number of benzene rings is 2. The minimum Gasteiger partial charge on any atom is -0.458 e. The number of carbonyl (C=O) groups excluding carboxylic acids is 2. The van der Waals surface area contributed by atoms with Gasteiger partial charge in [0, 0.05) is 25.8 Å². The summed E-state index contributed by atoms with van der Waals surface area (Å²) in [5.74, 6) is -0.488. The Kier molecular flexibility index (Phi) is 7.52. The van der Waals surface area contributed by atoms with Crippen LogP contribution in [0.15, 0.2) is 54.1 Å². The zero-order chi connectivity index (χ0) is 35.6. The summed E-state index contributed by atoms with van der Waals surface area (Å²) in [6.07, 6.45) is 7.18. The average Bonchev–Trinajstić information content (AvgIpc) is 3.40. The topological polar surface area (TPSA) is 119 Å². The van der Waals surface area contributed by atoms with Crippen LogP contribution in [0.2, 0.25) is 0 Å². The van der Waals surface area contributed by atoms with E-state index in [1.165, 1.54) is 29.5 Å². The molecule has 10 heteroatoms. The summed E-state index contributed by atoms with van der Waals surface area (Å²) in [6, 6.07) is 15.7. The number of amides is 1. The van der Waals surface area contributed by atoms with Gasteiger partial charge in [0.25, 0.3) is 0 Å². The standard InChI is InChI=1S/C42H50N2O8/c1-39(2)21-29-26(11-12-32-40(3,49-32)14-13-30(29)39)18-24-7-6-8-25(17-24)23-44-35-37(46)48-31-22-42(35,38(47)43-15-16-45)36(52-44)34-33(31)50-41(51-34)19-27-9-4-5-10-28(27)20-41/h4-10,17-18,29-36,45H,11-16,19-23H2,1-3H3,(H,43,47). The highest BCUT2D eigenvalue weighted by Gasteiger charge is 2.76. The van der Waals surface area contributed by atoms with Crippen LogP contribution in [-0.2, 0) is 52.8 Å². The molecule has 0 radical (unpaired) electrons. The molecule has 52 heavy (non-hydrogen) atoms. The first-order valence-electron chi connectivity index (χ1n) is 19.4. The van der Waals surface area contributed by atoms with E-state index in [9.17, 15) is 14.7 Å². The molecule has 10 atom stereocenters. The second-order valence-corrected chi connectivity index (χ2v) is 17.8. The molecule has 4 aliphatic heterocycles. The lowest BCUT2D eigenvalue weighted by atomic mass is 9.52.